The molecular formula is C36H32Cl4N4. The highest BCUT2D eigenvalue weighted by molar-refractivity contribution is 5.61. The third kappa shape index (κ3) is 8.22. The molecule has 2 aromatic carbocycles. The number of nitrogens with zero attached hydrogens (tertiary/aromatic N) is 4. The summed E-state index contributed by atoms with van der Waals surface area (Å²) in [7, 11) is 0. The molecule has 4 nitrogen and oxygen atoms in total. The van der Waals surface area contributed by atoms with Crippen molar-refractivity contribution in [3.05, 3.63) is 169 Å². The minimum atomic E-state index is 0. The molecule has 224 valence electrons. The van der Waals surface area contributed by atoms with Crippen molar-refractivity contribution >= 4 is 0 Å². The average Bonchev–Trinajstić information content (AvgIpc) is 3.00. The molecule has 0 amide bonds. The van der Waals surface area contributed by atoms with Crippen LogP contribution in [0.15, 0.2) is 147 Å². The van der Waals surface area contributed by atoms with Gasteiger partial charge in [-0.3, -0.25) is 0 Å². The van der Waals surface area contributed by atoms with Gasteiger partial charge in [-0.25, -0.2) is 18.3 Å². The second kappa shape index (κ2) is 15.8. The average molecular weight is 662 g/mol. The minimum absolute atomic E-state index is 0. The van der Waals surface area contributed by atoms with E-state index in [0.717, 1.165) is 26.2 Å². The smallest absolute Gasteiger partial charge is 0.173 e. The number of benzene rings is 2. The van der Waals surface area contributed by atoms with Crippen molar-refractivity contribution in [2.75, 3.05) is 0 Å². The number of hydrogen-bond acceptors (Lipinski definition) is 0. The van der Waals surface area contributed by atoms with E-state index in [1.807, 2.05) is 0 Å². The molecule has 0 fully saturated rings. The minimum Gasteiger partial charge on any atom is -1.00 e. The van der Waals surface area contributed by atoms with Crippen LogP contribution in [-0.4, -0.2) is 0 Å². The molecular weight excluding hydrogens is 630 g/mol. The van der Waals surface area contributed by atoms with Crippen molar-refractivity contribution < 1.29 is 67.9 Å². The molecule has 16 aliphatic rings. The van der Waals surface area contributed by atoms with E-state index in [1.54, 1.807) is 0 Å². The maximum absolute atomic E-state index is 2.24. The third-order valence-electron chi connectivity index (χ3n) is 7.74. The molecule has 0 saturated carbocycles. The predicted octanol–water partition coefficient (Wildman–Crippen LogP) is -7.31. The molecule has 0 spiro atoms. The van der Waals surface area contributed by atoms with Gasteiger partial charge >= 0.3 is 0 Å². The molecule has 0 atom stereocenters. The molecule has 6 aromatic rings. The Labute approximate surface area is 284 Å². The van der Waals surface area contributed by atoms with Crippen molar-refractivity contribution in [3.63, 3.8) is 0 Å². The lowest BCUT2D eigenvalue weighted by Gasteiger charge is -2.05. The predicted molar refractivity (Wildman–Crippen MR) is 154 cm³/mol. The van der Waals surface area contributed by atoms with Crippen LogP contribution < -0.4 is 67.9 Å². The van der Waals surface area contributed by atoms with Crippen LogP contribution in [0, 0.1) is 0 Å². The Hall–Kier alpha value is -3.80. The van der Waals surface area contributed by atoms with E-state index in [-0.39, 0.29) is 49.6 Å². The molecule has 0 aliphatic carbocycles. The lowest BCUT2D eigenvalue weighted by molar-refractivity contribution is -0.689. The fourth-order valence-corrected chi connectivity index (χ4v) is 5.36. The monoisotopic (exact) mass is 660 g/mol. The molecule has 0 unspecified atom stereocenters. The summed E-state index contributed by atoms with van der Waals surface area (Å²) in [5.41, 5.74) is 10.1. The van der Waals surface area contributed by atoms with Crippen LogP contribution in [0.2, 0.25) is 0 Å². The van der Waals surface area contributed by atoms with Crippen LogP contribution in [0.4, 0.5) is 0 Å². The Morgan fingerprint density at radius 1 is 0.250 bits per heavy atom. The molecule has 4 aromatic heterocycles. The Balaban J connectivity index is 0.00000132. The maximum atomic E-state index is 2.24. The van der Waals surface area contributed by atoms with Gasteiger partial charge in [0.25, 0.3) is 0 Å². The highest BCUT2D eigenvalue weighted by Gasteiger charge is 2.11. The number of hydrogen-bond donors (Lipinski definition) is 0. The quantitative estimate of drug-likeness (QED) is 0.144. The van der Waals surface area contributed by atoms with E-state index in [1.165, 1.54) is 44.5 Å². The highest BCUT2D eigenvalue weighted by atomic mass is 35.5. The lowest BCUT2D eigenvalue weighted by Crippen LogP contribution is -3.00. The largest absolute Gasteiger partial charge is 1.00 e. The normalized spacial score (nSPS) is 11.5. The second-order valence-corrected chi connectivity index (χ2v) is 10.7. The van der Waals surface area contributed by atoms with Gasteiger partial charge < -0.3 is 49.6 Å². The Bertz CT molecular complexity index is 1470. The Morgan fingerprint density at radius 3 is 0.568 bits per heavy atom. The first kappa shape index (κ1) is 34.7. The van der Waals surface area contributed by atoms with E-state index in [4.69, 9.17) is 0 Å². The number of aromatic nitrogens is 4. The molecule has 22 rings (SSSR count). The van der Waals surface area contributed by atoms with Gasteiger partial charge in [-0.15, -0.1) is 0 Å². The SMILES string of the molecule is [Cl-].[Cl-].[Cl-].[Cl-].c1cc2ccc1C[n+]1ccc(cc1)-c1cc[n+](cc1)Cc1ccc(cc1)C[n+]1ccc(cc1)-c1cc[n+](cc1)C2. The lowest BCUT2D eigenvalue weighted by atomic mass is 10.1. The highest BCUT2D eigenvalue weighted by Crippen LogP contribution is 2.17. The topological polar surface area (TPSA) is 15.5 Å². The Kier molecular flexibility index (Phi) is 12.4. The van der Waals surface area contributed by atoms with E-state index >= 15 is 0 Å². The van der Waals surface area contributed by atoms with Crippen molar-refractivity contribution in [1.29, 1.82) is 0 Å². The third-order valence-corrected chi connectivity index (χ3v) is 7.74. The zero-order chi connectivity index (χ0) is 26.7. The van der Waals surface area contributed by atoms with Crippen molar-refractivity contribution in [2.24, 2.45) is 0 Å². The van der Waals surface area contributed by atoms with Gasteiger partial charge in [0.05, 0.1) is 0 Å². The Morgan fingerprint density at radius 2 is 0.409 bits per heavy atom. The van der Waals surface area contributed by atoms with Crippen molar-refractivity contribution in [1.82, 2.24) is 0 Å². The molecule has 0 saturated heterocycles. The fourth-order valence-electron chi connectivity index (χ4n) is 5.36. The zero-order valence-electron chi connectivity index (χ0n) is 24.0. The summed E-state index contributed by atoms with van der Waals surface area (Å²) in [6.07, 6.45) is 17.4. The zero-order valence-corrected chi connectivity index (χ0v) is 27.0. The molecule has 44 heavy (non-hydrogen) atoms. The second-order valence-electron chi connectivity index (χ2n) is 10.7. The van der Waals surface area contributed by atoms with Crippen LogP contribution in [0.3, 0.4) is 0 Å². The van der Waals surface area contributed by atoms with Crippen LogP contribution >= 0.6 is 0 Å². The molecule has 20 heterocycles. The summed E-state index contributed by atoms with van der Waals surface area (Å²) in [6.45, 7) is 3.42. The molecule has 16 aliphatic heterocycles. The summed E-state index contributed by atoms with van der Waals surface area (Å²) in [6, 6.07) is 35.5. The summed E-state index contributed by atoms with van der Waals surface area (Å²) in [4.78, 5) is 0. The molecule has 0 N–H and O–H groups in total. The summed E-state index contributed by atoms with van der Waals surface area (Å²) < 4.78 is 8.94. The van der Waals surface area contributed by atoms with E-state index in [0.29, 0.717) is 0 Å². The first-order chi connectivity index (χ1) is 19.7. The van der Waals surface area contributed by atoms with Crippen LogP contribution in [-0.2, 0) is 26.2 Å². The summed E-state index contributed by atoms with van der Waals surface area (Å²) in [5, 5.41) is 0. The van der Waals surface area contributed by atoms with E-state index < -0.39 is 0 Å². The molecule has 8 heteroatoms. The van der Waals surface area contributed by atoms with Crippen molar-refractivity contribution in [2.45, 2.75) is 26.2 Å². The van der Waals surface area contributed by atoms with Gasteiger partial charge in [0.2, 0.25) is 0 Å². The molecule has 12 bridgehead atoms. The maximum Gasteiger partial charge on any atom is 0.173 e. The first-order valence-electron chi connectivity index (χ1n) is 13.9. The van der Waals surface area contributed by atoms with Gasteiger partial charge in [0.15, 0.2) is 75.8 Å². The van der Waals surface area contributed by atoms with Crippen LogP contribution in [0.5, 0.6) is 0 Å². The van der Waals surface area contributed by atoms with Crippen molar-refractivity contribution in [3.8, 4) is 22.3 Å². The van der Waals surface area contributed by atoms with Gasteiger partial charge in [-0.1, -0.05) is 48.5 Å². The van der Waals surface area contributed by atoms with Crippen LogP contribution in [0.25, 0.3) is 22.3 Å². The fraction of sp³-hybridized carbons (Fsp3) is 0.111. The standard InChI is InChI=1S/C36H32N4.4ClH/c1-2-30-4-3-29(1)25-37-17-9-33(10-18-37)35-13-21-39(22-14-35)27-31-5-7-32(8-6-31)28-40-23-15-36(16-24-40)34-11-19-38(26-30)20-12-34;;;;/h1-24H,25-28H2;4*1H/q+4;;;;/p-4. The van der Waals surface area contributed by atoms with Crippen LogP contribution in [0.1, 0.15) is 22.3 Å². The van der Waals surface area contributed by atoms with E-state index in [2.05, 4.69) is 165 Å². The van der Waals surface area contributed by atoms with Gasteiger partial charge in [-0.05, 0) is 22.3 Å². The number of rotatable bonds is 0. The number of halogens is 4. The first-order valence-corrected chi connectivity index (χ1v) is 13.9. The van der Waals surface area contributed by atoms with Gasteiger partial charge in [0, 0.05) is 70.8 Å². The van der Waals surface area contributed by atoms with Gasteiger partial charge in [-0.2, -0.15) is 0 Å². The molecule has 0 radical (unpaired) electrons. The number of pyridine rings is 4. The summed E-state index contributed by atoms with van der Waals surface area (Å²) >= 11 is 0. The summed E-state index contributed by atoms with van der Waals surface area (Å²) in [5.74, 6) is 0. The van der Waals surface area contributed by atoms with Gasteiger partial charge in [0.1, 0.15) is 0 Å². The van der Waals surface area contributed by atoms with E-state index in [9.17, 15) is 0 Å².